The van der Waals surface area contributed by atoms with Gasteiger partial charge in [-0.15, -0.1) is 10.2 Å². The molecular formula is C15H19BrN4O3S3. The number of thioether (sulfide) groups is 1. The predicted octanol–water partition coefficient (Wildman–Crippen LogP) is 3.51. The maximum Gasteiger partial charge on any atom is 0.246 e. The van der Waals surface area contributed by atoms with E-state index in [9.17, 15) is 13.2 Å². The molecule has 142 valence electrons. The summed E-state index contributed by atoms with van der Waals surface area (Å²) >= 11 is 6.19. The fourth-order valence-corrected chi connectivity index (χ4v) is 5.07. The zero-order chi connectivity index (χ0) is 19.5. The Hall–Kier alpha value is -1.17. The molecule has 0 bridgehead atoms. The van der Waals surface area contributed by atoms with Crippen LogP contribution in [0, 0.1) is 6.92 Å². The molecule has 1 aromatic heterocycles. The molecule has 2 rings (SSSR count). The van der Waals surface area contributed by atoms with Gasteiger partial charge in [-0.2, -0.15) is 0 Å². The molecule has 0 unspecified atom stereocenters. The van der Waals surface area contributed by atoms with E-state index >= 15 is 0 Å². The van der Waals surface area contributed by atoms with Crippen molar-refractivity contribution in [3.63, 3.8) is 0 Å². The molecule has 1 heterocycles. The van der Waals surface area contributed by atoms with Crippen LogP contribution in [0.15, 0.2) is 27.0 Å². The van der Waals surface area contributed by atoms with Gasteiger partial charge in [-0.1, -0.05) is 52.9 Å². The number of halogens is 1. The van der Waals surface area contributed by atoms with E-state index in [1.807, 2.05) is 20.8 Å². The SMILES string of the molecule is Cc1cc(N(CC(=O)Nc2nnc(SC(C)C)s2)S(C)(=O)=O)ccc1Br. The fraction of sp³-hybridized carbons (Fsp3) is 0.400. The number of amides is 1. The van der Waals surface area contributed by atoms with Crippen molar-refractivity contribution in [2.24, 2.45) is 0 Å². The third-order valence-corrected chi connectivity index (χ3v) is 7.06. The molecule has 1 N–H and O–H groups in total. The summed E-state index contributed by atoms with van der Waals surface area (Å²) in [5.74, 6) is -0.478. The van der Waals surface area contributed by atoms with Crippen LogP contribution in [0.1, 0.15) is 19.4 Å². The molecule has 2 aromatic rings. The lowest BCUT2D eigenvalue weighted by molar-refractivity contribution is -0.114. The maximum atomic E-state index is 12.3. The molecule has 0 saturated heterocycles. The van der Waals surface area contributed by atoms with Gasteiger partial charge >= 0.3 is 0 Å². The molecule has 0 spiro atoms. The van der Waals surface area contributed by atoms with Gasteiger partial charge in [0.1, 0.15) is 6.54 Å². The van der Waals surface area contributed by atoms with Crippen molar-refractivity contribution in [2.75, 3.05) is 22.4 Å². The number of sulfonamides is 1. The summed E-state index contributed by atoms with van der Waals surface area (Å²) < 4.78 is 27.0. The normalized spacial score (nSPS) is 11.6. The van der Waals surface area contributed by atoms with Crippen LogP contribution in [0.3, 0.4) is 0 Å². The van der Waals surface area contributed by atoms with E-state index in [-0.39, 0.29) is 6.54 Å². The van der Waals surface area contributed by atoms with Crippen LogP contribution in [0.5, 0.6) is 0 Å². The number of nitrogens with zero attached hydrogens (tertiary/aromatic N) is 3. The number of hydrogen-bond acceptors (Lipinski definition) is 7. The summed E-state index contributed by atoms with van der Waals surface area (Å²) in [5.41, 5.74) is 1.30. The van der Waals surface area contributed by atoms with Crippen molar-refractivity contribution in [1.82, 2.24) is 10.2 Å². The molecular weight excluding hydrogens is 460 g/mol. The van der Waals surface area contributed by atoms with E-state index in [4.69, 9.17) is 0 Å². The highest BCUT2D eigenvalue weighted by molar-refractivity contribution is 9.10. The molecule has 0 aliphatic rings. The smallest absolute Gasteiger partial charge is 0.246 e. The van der Waals surface area contributed by atoms with Gasteiger partial charge in [0.25, 0.3) is 0 Å². The van der Waals surface area contributed by atoms with E-state index in [0.717, 1.165) is 24.9 Å². The summed E-state index contributed by atoms with van der Waals surface area (Å²) in [5, 5.41) is 11.2. The van der Waals surface area contributed by atoms with Crippen LogP contribution in [0.4, 0.5) is 10.8 Å². The van der Waals surface area contributed by atoms with Crippen molar-refractivity contribution < 1.29 is 13.2 Å². The molecule has 1 aromatic carbocycles. The van der Waals surface area contributed by atoms with Crippen molar-refractivity contribution in [3.8, 4) is 0 Å². The first kappa shape index (κ1) is 21.1. The van der Waals surface area contributed by atoms with E-state index in [0.29, 0.717) is 16.1 Å². The van der Waals surface area contributed by atoms with Gasteiger partial charge < -0.3 is 0 Å². The highest BCUT2D eigenvalue weighted by Crippen LogP contribution is 2.29. The zero-order valence-electron chi connectivity index (χ0n) is 14.7. The van der Waals surface area contributed by atoms with E-state index < -0.39 is 15.9 Å². The number of benzene rings is 1. The monoisotopic (exact) mass is 478 g/mol. The number of carbonyl (C=O) groups excluding carboxylic acids is 1. The number of anilines is 2. The first-order valence-electron chi connectivity index (χ1n) is 7.60. The second kappa shape index (κ2) is 8.68. The van der Waals surface area contributed by atoms with Gasteiger partial charge in [-0.05, 0) is 30.7 Å². The van der Waals surface area contributed by atoms with Crippen LogP contribution >= 0.6 is 39.0 Å². The van der Waals surface area contributed by atoms with Gasteiger partial charge in [0.05, 0.1) is 11.9 Å². The Morgan fingerprint density at radius 1 is 1.38 bits per heavy atom. The summed E-state index contributed by atoms with van der Waals surface area (Å²) in [6, 6.07) is 5.11. The lowest BCUT2D eigenvalue weighted by Crippen LogP contribution is -2.37. The Morgan fingerprint density at radius 3 is 2.65 bits per heavy atom. The Balaban J connectivity index is 2.14. The van der Waals surface area contributed by atoms with Gasteiger partial charge in [-0.3, -0.25) is 14.4 Å². The summed E-state index contributed by atoms with van der Waals surface area (Å²) in [6.45, 7) is 5.58. The van der Waals surface area contributed by atoms with E-state index in [1.54, 1.807) is 30.0 Å². The van der Waals surface area contributed by atoms with Crippen molar-refractivity contribution >= 4 is 65.8 Å². The highest BCUT2D eigenvalue weighted by Gasteiger charge is 2.22. The fourth-order valence-electron chi connectivity index (χ4n) is 1.98. The first-order chi connectivity index (χ1) is 12.1. The minimum atomic E-state index is -3.63. The second-order valence-electron chi connectivity index (χ2n) is 5.79. The molecule has 0 saturated carbocycles. The van der Waals surface area contributed by atoms with Crippen LogP contribution in [0.25, 0.3) is 0 Å². The van der Waals surface area contributed by atoms with Crippen molar-refractivity contribution in [3.05, 3.63) is 28.2 Å². The topological polar surface area (TPSA) is 92.3 Å². The number of carbonyl (C=O) groups is 1. The largest absolute Gasteiger partial charge is 0.299 e. The van der Waals surface area contributed by atoms with Gasteiger partial charge in [0.15, 0.2) is 4.34 Å². The minimum Gasteiger partial charge on any atom is -0.299 e. The number of nitrogens with one attached hydrogen (secondary N) is 1. The minimum absolute atomic E-state index is 0.341. The molecule has 0 fully saturated rings. The number of aryl methyl sites for hydroxylation is 1. The lowest BCUT2D eigenvalue weighted by atomic mass is 10.2. The summed E-state index contributed by atoms with van der Waals surface area (Å²) in [6.07, 6.45) is 1.07. The second-order valence-corrected chi connectivity index (χ2v) is 11.4. The molecule has 7 nitrogen and oxygen atoms in total. The molecule has 0 radical (unpaired) electrons. The van der Waals surface area contributed by atoms with Crippen LogP contribution in [-0.4, -0.2) is 42.6 Å². The van der Waals surface area contributed by atoms with E-state index in [2.05, 4.69) is 31.4 Å². The molecule has 0 atom stereocenters. The molecule has 0 aliphatic heterocycles. The van der Waals surface area contributed by atoms with Gasteiger partial charge in [0, 0.05) is 9.72 Å². The van der Waals surface area contributed by atoms with Crippen molar-refractivity contribution in [2.45, 2.75) is 30.4 Å². The van der Waals surface area contributed by atoms with Gasteiger partial charge in [-0.25, -0.2) is 8.42 Å². The summed E-state index contributed by atoms with van der Waals surface area (Å²) in [7, 11) is -3.63. The average Bonchev–Trinajstić information content (AvgIpc) is 2.93. The number of hydrogen-bond donors (Lipinski definition) is 1. The maximum absolute atomic E-state index is 12.3. The van der Waals surface area contributed by atoms with Crippen molar-refractivity contribution in [1.29, 1.82) is 0 Å². The number of rotatable bonds is 7. The molecule has 0 aliphatic carbocycles. The Morgan fingerprint density at radius 2 is 2.08 bits per heavy atom. The van der Waals surface area contributed by atoms with Crippen LogP contribution < -0.4 is 9.62 Å². The molecule has 11 heteroatoms. The third kappa shape index (κ3) is 5.93. The standard InChI is InChI=1S/C15H19BrN4O3S3/c1-9(2)24-15-19-18-14(25-15)17-13(21)8-20(26(4,22)23)11-5-6-12(16)10(3)7-11/h5-7,9H,8H2,1-4H3,(H,17,18,21). The van der Waals surface area contributed by atoms with E-state index in [1.165, 1.54) is 11.3 Å². The Labute approximate surface area is 169 Å². The van der Waals surface area contributed by atoms with Crippen LogP contribution in [0.2, 0.25) is 0 Å². The molecule has 1 amide bonds. The Kier molecular flexibility index (Phi) is 7.05. The lowest BCUT2D eigenvalue weighted by Gasteiger charge is -2.22. The molecule has 26 heavy (non-hydrogen) atoms. The first-order valence-corrected chi connectivity index (χ1v) is 11.9. The van der Waals surface area contributed by atoms with Gasteiger partial charge in [0.2, 0.25) is 21.1 Å². The third-order valence-electron chi connectivity index (χ3n) is 3.11. The highest BCUT2D eigenvalue weighted by atomic mass is 79.9. The number of aromatic nitrogens is 2. The quantitative estimate of drug-likeness (QED) is 0.483. The Bertz CT molecular complexity index is 899. The average molecular weight is 479 g/mol. The predicted molar refractivity (Wildman–Crippen MR) is 111 cm³/mol. The zero-order valence-corrected chi connectivity index (χ0v) is 18.7. The van der Waals surface area contributed by atoms with Crippen LogP contribution in [-0.2, 0) is 14.8 Å². The summed E-state index contributed by atoms with van der Waals surface area (Å²) in [4.78, 5) is 12.3.